The van der Waals surface area contributed by atoms with Crippen molar-refractivity contribution in [1.82, 2.24) is 4.98 Å². The summed E-state index contributed by atoms with van der Waals surface area (Å²) >= 11 is 1.27. The lowest BCUT2D eigenvalue weighted by molar-refractivity contribution is -0.119. The number of methoxy groups -OCH3 is 1. The first-order valence-electron chi connectivity index (χ1n) is 7.98. The summed E-state index contributed by atoms with van der Waals surface area (Å²) < 4.78 is 10.3. The van der Waals surface area contributed by atoms with E-state index in [2.05, 4.69) is 10.3 Å². The molecule has 1 aromatic heterocycles. The Kier molecular flexibility index (Phi) is 5.68. The summed E-state index contributed by atoms with van der Waals surface area (Å²) in [4.78, 5) is 28.3. The lowest BCUT2D eigenvalue weighted by Crippen LogP contribution is -2.20. The van der Waals surface area contributed by atoms with E-state index in [0.29, 0.717) is 27.8 Å². The highest BCUT2D eigenvalue weighted by atomic mass is 32.1. The molecule has 1 amide bonds. The molecule has 3 rings (SSSR count). The molecule has 1 heterocycles. The number of esters is 1. The number of rotatable bonds is 6. The number of carbonyl (C=O) groups is 2. The van der Waals surface area contributed by atoms with Gasteiger partial charge in [-0.3, -0.25) is 10.1 Å². The fourth-order valence-electron chi connectivity index (χ4n) is 2.30. The fourth-order valence-corrected chi connectivity index (χ4v) is 3.03. The zero-order valence-corrected chi connectivity index (χ0v) is 15.3. The van der Waals surface area contributed by atoms with Crippen molar-refractivity contribution in [3.63, 3.8) is 0 Å². The van der Waals surface area contributed by atoms with E-state index in [1.807, 2.05) is 29.6 Å². The fraction of sp³-hybridized carbons (Fsp3) is 0.105. The molecule has 3 aromatic rings. The quantitative estimate of drug-likeness (QED) is 0.500. The number of carbonyl (C=O) groups excluding carboxylic acids is 2. The molecule has 0 saturated carbocycles. The third-order valence-corrected chi connectivity index (χ3v) is 4.37. The van der Waals surface area contributed by atoms with E-state index in [0.717, 1.165) is 5.56 Å². The Labute approximate surface area is 159 Å². The normalized spacial score (nSPS) is 10.3. The molecule has 0 spiro atoms. The maximum atomic E-state index is 12.0. The van der Waals surface area contributed by atoms with Gasteiger partial charge in [0, 0.05) is 16.6 Å². The molecular weight excluding hydrogens is 366 g/mol. The van der Waals surface area contributed by atoms with Crippen molar-refractivity contribution >= 4 is 34.0 Å². The van der Waals surface area contributed by atoms with Crippen molar-refractivity contribution in [3.05, 3.63) is 59.5 Å². The number of ether oxygens (including phenoxy) is 2. The minimum atomic E-state index is -0.598. The summed E-state index contributed by atoms with van der Waals surface area (Å²) in [7, 11) is 1.59. The van der Waals surface area contributed by atoms with E-state index in [4.69, 9.17) is 15.2 Å². The standard InChI is InChI=1S/C19H17N3O4S/c1-25-16-5-3-2-4-14(16)15-11-27-19(21-15)22-17(23)10-26-18(24)12-6-8-13(20)9-7-12/h2-9,11H,10,20H2,1H3,(H,21,22,23). The lowest BCUT2D eigenvalue weighted by atomic mass is 10.1. The van der Waals surface area contributed by atoms with Crippen molar-refractivity contribution in [2.24, 2.45) is 0 Å². The van der Waals surface area contributed by atoms with Gasteiger partial charge < -0.3 is 15.2 Å². The van der Waals surface area contributed by atoms with Crippen LogP contribution in [-0.4, -0.2) is 30.6 Å². The number of nitrogens with two attached hydrogens (primary N) is 1. The van der Waals surface area contributed by atoms with Crippen LogP contribution >= 0.6 is 11.3 Å². The zero-order chi connectivity index (χ0) is 19.2. The van der Waals surface area contributed by atoms with Gasteiger partial charge in [0.1, 0.15) is 5.75 Å². The summed E-state index contributed by atoms with van der Waals surface area (Å²) in [5, 5.41) is 4.84. The second-order valence-corrected chi connectivity index (χ2v) is 6.34. The smallest absolute Gasteiger partial charge is 0.338 e. The molecule has 3 N–H and O–H groups in total. The molecule has 0 radical (unpaired) electrons. The van der Waals surface area contributed by atoms with E-state index in [9.17, 15) is 9.59 Å². The van der Waals surface area contributed by atoms with Crippen LogP contribution in [0, 0.1) is 0 Å². The average Bonchev–Trinajstić information content (AvgIpc) is 3.14. The Morgan fingerprint density at radius 1 is 1.15 bits per heavy atom. The van der Waals surface area contributed by atoms with Crippen molar-refractivity contribution in [2.75, 3.05) is 24.8 Å². The molecule has 0 aliphatic carbocycles. The van der Waals surface area contributed by atoms with Crippen LogP contribution in [0.3, 0.4) is 0 Å². The van der Waals surface area contributed by atoms with Crippen molar-refractivity contribution < 1.29 is 19.1 Å². The van der Waals surface area contributed by atoms with Gasteiger partial charge in [0.25, 0.3) is 5.91 Å². The number of nitrogens with one attached hydrogen (secondary N) is 1. The molecule has 138 valence electrons. The van der Waals surface area contributed by atoms with Crippen LogP contribution in [0.2, 0.25) is 0 Å². The van der Waals surface area contributed by atoms with Gasteiger partial charge in [-0.05, 0) is 36.4 Å². The maximum Gasteiger partial charge on any atom is 0.338 e. The van der Waals surface area contributed by atoms with Gasteiger partial charge in [-0.25, -0.2) is 9.78 Å². The van der Waals surface area contributed by atoms with Crippen LogP contribution in [0.5, 0.6) is 5.75 Å². The molecule has 27 heavy (non-hydrogen) atoms. The minimum absolute atomic E-state index is 0.324. The number of hydrogen-bond donors (Lipinski definition) is 2. The van der Waals surface area contributed by atoms with Crippen LogP contribution in [0.25, 0.3) is 11.3 Å². The minimum Gasteiger partial charge on any atom is -0.496 e. The van der Waals surface area contributed by atoms with Crippen LogP contribution < -0.4 is 15.8 Å². The predicted octanol–water partition coefficient (Wildman–Crippen LogP) is 3.20. The van der Waals surface area contributed by atoms with Crippen molar-refractivity contribution in [3.8, 4) is 17.0 Å². The van der Waals surface area contributed by atoms with Crippen molar-refractivity contribution in [1.29, 1.82) is 0 Å². The van der Waals surface area contributed by atoms with Crippen molar-refractivity contribution in [2.45, 2.75) is 0 Å². The van der Waals surface area contributed by atoms with Gasteiger partial charge in [0.05, 0.1) is 18.4 Å². The summed E-state index contributed by atoms with van der Waals surface area (Å²) in [6, 6.07) is 13.7. The number of aromatic nitrogens is 1. The predicted molar refractivity (Wildman–Crippen MR) is 104 cm³/mol. The molecular formula is C19H17N3O4S. The molecule has 0 bridgehead atoms. The topological polar surface area (TPSA) is 104 Å². The lowest BCUT2D eigenvalue weighted by Gasteiger charge is -2.06. The highest BCUT2D eigenvalue weighted by Gasteiger charge is 2.13. The molecule has 2 aromatic carbocycles. The van der Waals surface area contributed by atoms with Gasteiger partial charge in [0.2, 0.25) is 0 Å². The number of hydrogen-bond acceptors (Lipinski definition) is 7. The number of anilines is 2. The molecule has 0 aliphatic rings. The molecule has 0 unspecified atom stereocenters. The van der Waals surface area contributed by atoms with Crippen LogP contribution in [0.4, 0.5) is 10.8 Å². The first-order valence-corrected chi connectivity index (χ1v) is 8.86. The average molecular weight is 383 g/mol. The monoisotopic (exact) mass is 383 g/mol. The molecule has 0 aliphatic heterocycles. The van der Waals surface area contributed by atoms with E-state index in [-0.39, 0.29) is 0 Å². The molecule has 7 nitrogen and oxygen atoms in total. The highest BCUT2D eigenvalue weighted by molar-refractivity contribution is 7.14. The second-order valence-electron chi connectivity index (χ2n) is 5.48. The van der Waals surface area contributed by atoms with Gasteiger partial charge in [0.15, 0.2) is 11.7 Å². The SMILES string of the molecule is COc1ccccc1-c1csc(NC(=O)COC(=O)c2ccc(N)cc2)n1. The number of nitrogen functional groups attached to an aromatic ring is 1. The zero-order valence-electron chi connectivity index (χ0n) is 14.5. The summed E-state index contributed by atoms with van der Waals surface area (Å²) in [6.07, 6.45) is 0. The molecule has 0 saturated heterocycles. The number of thiazole rings is 1. The maximum absolute atomic E-state index is 12.0. The Hall–Kier alpha value is -3.39. The summed E-state index contributed by atoms with van der Waals surface area (Å²) in [5.41, 5.74) is 7.94. The Morgan fingerprint density at radius 2 is 1.89 bits per heavy atom. The van der Waals surface area contributed by atoms with Crippen LogP contribution in [0.1, 0.15) is 10.4 Å². The van der Waals surface area contributed by atoms with E-state index < -0.39 is 18.5 Å². The first kappa shape index (κ1) is 18.4. The van der Waals surface area contributed by atoms with Gasteiger partial charge in [-0.15, -0.1) is 11.3 Å². The summed E-state index contributed by atoms with van der Waals surface area (Å²) in [5.74, 6) is -0.378. The van der Waals surface area contributed by atoms with Gasteiger partial charge in [-0.1, -0.05) is 12.1 Å². The third kappa shape index (κ3) is 4.62. The number of nitrogens with zero attached hydrogens (tertiary/aromatic N) is 1. The van der Waals surface area contributed by atoms with Gasteiger partial charge in [-0.2, -0.15) is 0 Å². The van der Waals surface area contributed by atoms with E-state index in [1.165, 1.54) is 23.5 Å². The van der Waals surface area contributed by atoms with Crippen LogP contribution in [0.15, 0.2) is 53.9 Å². The van der Waals surface area contributed by atoms with E-state index >= 15 is 0 Å². The molecule has 0 atom stereocenters. The molecule has 0 fully saturated rings. The number of para-hydroxylation sites is 1. The largest absolute Gasteiger partial charge is 0.496 e. The first-order chi connectivity index (χ1) is 13.1. The third-order valence-electron chi connectivity index (χ3n) is 3.61. The Balaban J connectivity index is 1.58. The number of benzene rings is 2. The highest BCUT2D eigenvalue weighted by Crippen LogP contribution is 2.31. The number of amides is 1. The second kappa shape index (κ2) is 8.33. The van der Waals surface area contributed by atoms with Crippen LogP contribution in [-0.2, 0) is 9.53 Å². The Bertz CT molecular complexity index is 954. The van der Waals surface area contributed by atoms with E-state index in [1.54, 1.807) is 19.2 Å². The van der Waals surface area contributed by atoms with Gasteiger partial charge >= 0.3 is 5.97 Å². The summed E-state index contributed by atoms with van der Waals surface area (Å²) in [6.45, 7) is -0.410. The molecule has 8 heteroatoms. The Morgan fingerprint density at radius 3 is 2.63 bits per heavy atom.